The Hall–Kier alpha value is -2.13. The Morgan fingerprint density at radius 3 is 2.36 bits per heavy atom. The number of imide groups is 1. The fourth-order valence-electron chi connectivity index (χ4n) is 1.83. The SMILES string of the molecule is O=C(NC(=O)c1ccccc1Cl)Nc1cc(C(F)(F)F)c(F)cc1Br. The largest absolute Gasteiger partial charge is 0.419 e. The highest BCUT2D eigenvalue weighted by Crippen LogP contribution is 2.36. The van der Waals surface area contributed by atoms with E-state index in [2.05, 4.69) is 15.9 Å². The van der Waals surface area contributed by atoms with Gasteiger partial charge in [-0.3, -0.25) is 10.1 Å². The smallest absolute Gasteiger partial charge is 0.307 e. The molecule has 0 spiro atoms. The Kier molecular flexibility index (Phi) is 5.69. The van der Waals surface area contributed by atoms with Gasteiger partial charge in [-0.05, 0) is 40.2 Å². The monoisotopic (exact) mass is 438 g/mol. The van der Waals surface area contributed by atoms with Gasteiger partial charge >= 0.3 is 12.2 Å². The van der Waals surface area contributed by atoms with Crippen LogP contribution in [0.3, 0.4) is 0 Å². The number of carbonyl (C=O) groups is 2. The predicted octanol–water partition coefficient (Wildman–Crippen LogP) is 5.22. The molecule has 2 rings (SSSR count). The van der Waals surface area contributed by atoms with Crippen molar-refractivity contribution in [3.8, 4) is 0 Å². The Bertz CT molecular complexity index is 843. The minimum absolute atomic E-state index is 0.00784. The quantitative estimate of drug-likeness (QED) is 0.630. The average Bonchev–Trinajstić information content (AvgIpc) is 2.49. The summed E-state index contributed by atoms with van der Waals surface area (Å²) in [6, 6.07) is 5.76. The molecule has 0 bridgehead atoms. The second-order valence-electron chi connectivity index (χ2n) is 4.70. The van der Waals surface area contributed by atoms with Gasteiger partial charge in [0.1, 0.15) is 5.82 Å². The van der Waals surface area contributed by atoms with E-state index in [0.29, 0.717) is 12.1 Å². The van der Waals surface area contributed by atoms with E-state index >= 15 is 0 Å². The van der Waals surface area contributed by atoms with Gasteiger partial charge in [0, 0.05) is 4.47 Å². The van der Waals surface area contributed by atoms with Gasteiger partial charge in [-0.2, -0.15) is 13.2 Å². The second-order valence-corrected chi connectivity index (χ2v) is 5.96. The van der Waals surface area contributed by atoms with Crippen LogP contribution in [-0.2, 0) is 6.18 Å². The number of alkyl halides is 3. The van der Waals surface area contributed by atoms with E-state index in [0.717, 1.165) is 0 Å². The Balaban J connectivity index is 2.18. The summed E-state index contributed by atoms with van der Waals surface area (Å²) in [5.74, 6) is -2.35. The summed E-state index contributed by atoms with van der Waals surface area (Å²) in [4.78, 5) is 23.7. The Morgan fingerprint density at radius 2 is 1.76 bits per heavy atom. The van der Waals surface area contributed by atoms with E-state index in [1.807, 2.05) is 10.6 Å². The summed E-state index contributed by atoms with van der Waals surface area (Å²) in [7, 11) is 0. The minimum atomic E-state index is -4.94. The lowest BCUT2D eigenvalue weighted by atomic mass is 10.2. The number of amides is 3. The van der Waals surface area contributed by atoms with E-state index in [-0.39, 0.29) is 20.7 Å². The first-order valence-electron chi connectivity index (χ1n) is 6.52. The van der Waals surface area contributed by atoms with Crippen molar-refractivity contribution in [2.45, 2.75) is 6.18 Å². The molecule has 0 aromatic heterocycles. The predicted molar refractivity (Wildman–Crippen MR) is 87.0 cm³/mol. The van der Waals surface area contributed by atoms with Crippen molar-refractivity contribution < 1.29 is 27.2 Å². The highest BCUT2D eigenvalue weighted by atomic mass is 79.9. The molecule has 0 radical (unpaired) electrons. The van der Waals surface area contributed by atoms with Crippen LogP contribution >= 0.6 is 27.5 Å². The van der Waals surface area contributed by atoms with Crippen LogP contribution in [0.2, 0.25) is 5.02 Å². The lowest BCUT2D eigenvalue weighted by Gasteiger charge is -2.13. The molecule has 2 aromatic rings. The van der Waals surface area contributed by atoms with Crippen molar-refractivity contribution >= 4 is 45.2 Å². The average molecular weight is 440 g/mol. The molecule has 0 aliphatic rings. The zero-order valence-electron chi connectivity index (χ0n) is 12.0. The summed E-state index contributed by atoms with van der Waals surface area (Å²) in [6.45, 7) is 0. The molecule has 0 unspecified atom stereocenters. The van der Waals surface area contributed by atoms with Gasteiger partial charge < -0.3 is 5.32 Å². The summed E-state index contributed by atoms with van der Waals surface area (Å²) < 4.78 is 51.4. The normalized spacial score (nSPS) is 11.1. The van der Waals surface area contributed by atoms with E-state index < -0.39 is 29.5 Å². The van der Waals surface area contributed by atoms with Crippen molar-refractivity contribution in [1.29, 1.82) is 0 Å². The number of benzene rings is 2. The van der Waals surface area contributed by atoms with Gasteiger partial charge in [-0.1, -0.05) is 23.7 Å². The van der Waals surface area contributed by atoms with Crippen LogP contribution in [0.4, 0.5) is 28.0 Å². The Labute approximate surface area is 152 Å². The maximum absolute atomic E-state index is 13.4. The molecule has 3 amide bonds. The van der Waals surface area contributed by atoms with Crippen molar-refractivity contribution in [3.05, 3.63) is 62.8 Å². The van der Waals surface area contributed by atoms with Gasteiger partial charge in [0.25, 0.3) is 5.91 Å². The standard InChI is InChI=1S/C15H8BrClF4N2O2/c16-9-6-11(18)8(15(19,20)21)5-12(9)22-14(25)23-13(24)7-3-1-2-4-10(7)17/h1-6H,(H2,22,23,24,25). The van der Waals surface area contributed by atoms with E-state index in [9.17, 15) is 27.2 Å². The molecule has 0 heterocycles. The van der Waals surface area contributed by atoms with Crippen molar-refractivity contribution in [2.24, 2.45) is 0 Å². The number of rotatable bonds is 2. The molecule has 0 aliphatic heterocycles. The zero-order valence-corrected chi connectivity index (χ0v) is 14.4. The number of carbonyl (C=O) groups excluding carboxylic acids is 2. The van der Waals surface area contributed by atoms with E-state index in [1.54, 1.807) is 6.07 Å². The molecule has 0 saturated carbocycles. The van der Waals surface area contributed by atoms with Crippen LogP contribution in [0.5, 0.6) is 0 Å². The first-order chi connectivity index (χ1) is 11.6. The van der Waals surface area contributed by atoms with Crippen LogP contribution in [0.25, 0.3) is 0 Å². The van der Waals surface area contributed by atoms with Gasteiger partial charge in [0.2, 0.25) is 0 Å². The van der Waals surface area contributed by atoms with Crippen LogP contribution in [-0.4, -0.2) is 11.9 Å². The summed E-state index contributed by atoms with van der Waals surface area (Å²) in [5.41, 5.74) is -1.91. The molecule has 0 atom stereocenters. The third-order valence-corrected chi connectivity index (χ3v) is 3.94. The number of urea groups is 1. The molecule has 2 aromatic carbocycles. The third-order valence-electron chi connectivity index (χ3n) is 2.96. The maximum Gasteiger partial charge on any atom is 0.419 e. The number of anilines is 1. The molecule has 10 heteroatoms. The van der Waals surface area contributed by atoms with Crippen molar-refractivity contribution in [1.82, 2.24) is 5.32 Å². The van der Waals surface area contributed by atoms with Crippen molar-refractivity contribution in [3.63, 3.8) is 0 Å². The van der Waals surface area contributed by atoms with Crippen molar-refractivity contribution in [2.75, 3.05) is 5.32 Å². The molecule has 0 aliphatic carbocycles. The van der Waals surface area contributed by atoms with Gasteiger partial charge in [0.15, 0.2) is 0 Å². The molecular weight excluding hydrogens is 432 g/mol. The fraction of sp³-hybridized carbons (Fsp3) is 0.0667. The number of hydrogen-bond donors (Lipinski definition) is 2. The zero-order chi connectivity index (χ0) is 18.8. The highest BCUT2D eigenvalue weighted by molar-refractivity contribution is 9.10. The molecule has 0 saturated heterocycles. The molecule has 2 N–H and O–H groups in total. The van der Waals surface area contributed by atoms with E-state index in [4.69, 9.17) is 11.6 Å². The first-order valence-corrected chi connectivity index (χ1v) is 7.70. The lowest BCUT2D eigenvalue weighted by molar-refractivity contribution is -0.139. The summed E-state index contributed by atoms with van der Waals surface area (Å²) in [6.07, 6.45) is -4.94. The van der Waals surface area contributed by atoms with Crippen LogP contribution < -0.4 is 10.6 Å². The van der Waals surface area contributed by atoms with Crippen LogP contribution in [0.15, 0.2) is 40.9 Å². The molecule has 132 valence electrons. The number of halogens is 6. The van der Waals surface area contributed by atoms with Gasteiger partial charge in [-0.25, -0.2) is 9.18 Å². The lowest BCUT2D eigenvalue weighted by Crippen LogP contribution is -2.34. The minimum Gasteiger partial charge on any atom is -0.307 e. The third kappa shape index (κ3) is 4.70. The second kappa shape index (κ2) is 7.40. The first kappa shape index (κ1) is 19.2. The topological polar surface area (TPSA) is 58.2 Å². The fourth-order valence-corrected chi connectivity index (χ4v) is 2.47. The van der Waals surface area contributed by atoms with Crippen LogP contribution in [0, 0.1) is 5.82 Å². The molecule has 0 fully saturated rings. The van der Waals surface area contributed by atoms with E-state index in [1.165, 1.54) is 18.2 Å². The highest BCUT2D eigenvalue weighted by Gasteiger charge is 2.35. The summed E-state index contributed by atoms with van der Waals surface area (Å²) in [5, 5.41) is 4.05. The maximum atomic E-state index is 13.4. The number of nitrogens with one attached hydrogen (secondary N) is 2. The Morgan fingerprint density at radius 1 is 1.12 bits per heavy atom. The molecule has 4 nitrogen and oxygen atoms in total. The molecule has 25 heavy (non-hydrogen) atoms. The van der Waals surface area contributed by atoms with Gasteiger partial charge in [0.05, 0.1) is 21.8 Å². The molecular formula is C15H8BrClF4N2O2. The van der Waals surface area contributed by atoms with Crippen LogP contribution in [0.1, 0.15) is 15.9 Å². The number of hydrogen-bond acceptors (Lipinski definition) is 2. The van der Waals surface area contributed by atoms with Gasteiger partial charge in [-0.15, -0.1) is 0 Å². The summed E-state index contributed by atoms with van der Waals surface area (Å²) >= 11 is 8.65.